The summed E-state index contributed by atoms with van der Waals surface area (Å²) in [7, 11) is 0. The van der Waals surface area contributed by atoms with Gasteiger partial charge in [-0.3, -0.25) is 9.69 Å². The first-order valence-corrected chi connectivity index (χ1v) is 8.27. The Balaban J connectivity index is 1.91. The van der Waals surface area contributed by atoms with Gasteiger partial charge < -0.3 is 10.4 Å². The van der Waals surface area contributed by atoms with Gasteiger partial charge in [0.15, 0.2) is 0 Å². The van der Waals surface area contributed by atoms with Crippen LogP contribution in [0.1, 0.15) is 32.8 Å². The molecule has 1 aromatic carbocycles. The summed E-state index contributed by atoms with van der Waals surface area (Å²) in [5.41, 5.74) is 1.50. The second-order valence-corrected chi connectivity index (χ2v) is 6.78. The lowest BCUT2D eigenvalue weighted by Crippen LogP contribution is -2.52. The molecule has 1 aliphatic rings. The molecule has 2 N–H and O–H groups in total. The first kappa shape index (κ1) is 18.0. The number of aromatic hydroxyl groups is 1. The molecule has 128 valence electrons. The summed E-state index contributed by atoms with van der Waals surface area (Å²) in [4.78, 5) is 14.3. The number of phenols is 1. The van der Waals surface area contributed by atoms with E-state index in [1.54, 1.807) is 19.1 Å². The minimum absolute atomic E-state index is 0.0498. The van der Waals surface area contributed by atoms with Crippen LogP contribution in [-0.4, -0.2) is 41.1 Å². The van der Waals surface area contributed by atoms with Crippen molar-refractivity contribution in [1.29, 1.82) is 5.26 Å². The highest BCUT2D eigenvalue weighted by Gasteiger charge is 2.30. The Kier molecular flexibility index (Phi) is 5.63. The summed E-state index contributed by atoms with van der Waals surface area (Å²) < 4.78 is 0. The lowest BCUT2D eigenvalue weighted by atomic mass is 9.90. The molecular formula is C19H25N3O2. The highest BCUT2D eigenvalue weighted by molar-refractivity contribution is 5.79. The molecule has 0 saturated carbocycles. The Hall–Kier alpha value is -2.32. The predicted octanol–water partition coefficient (Wildman–Crippen LogP) is 2.54. The molecule has 1 unspecified atom stereocenters. The molecule has 0 aliphatic carbocycles. The molecule has 0 bridgehead atoms. The predicted molar refractivity (Wildman–Crippen MR) is 94.1 cm³/mol. The van der Waals surface area contributed by atoms with Gasteiger partial charge in [-0.25, -0.2) is 0 Å². The first-order chi connectivity index (χ1) is 11.3. The van der Waals surface area contributed by atoms with Crippen LogP contribution in [0.25, 0.3) is 5.57 Å². The second-order valence-electron chi connectivity index (χ2n) is 6.78. The van der Waals surface area contributed by atoms with Crippen LogP contribution >= 0.6 is 0 Å². The van der Waals surface area contributed by atoms with Gasteiger partial charge in [-0.1, -0.05) is 32.1 Å². The van der Waals surface area contributed by atoms with Gasteiger partial charge in [0, 0.05) is 13.1 Å². The minimum Gasteiger partial charge on any atom is -0.508 e. The Bertz CT molecular complexity index is 658. The third-order valence-corrected chi connectivity index (χ3v) is 4.68. The average molecular weight is 327 g/mol. The molecule has 5 nitrogen and oxygen atoms in total. The van der Waals surface area contributed by atoms with Gasteiger partial charge in [-0.15, -0.1) is 0 Å². The van der Waals surface area contributed by atoms with E-state index in [4.69, 9.17) is 0 Å². The van der Waals surface area contributed by atoms with Crippen LogP contribution < -0.4 is 5.32 Å². The number of benzene rings is 1. The van der Waals surface area contributed by atoms with E-state index < -0.39 is 5.54 Å². The molecule has 0 aromatic heterocycles. The molecule has 1 atom stereocenters. The van der Waals surface area contributed by atoms with Crippen molar-refractivity contribution in [2.45, 2.75) is 32.7 Å². The molecule has 2 rings (SSSR count). The van der Waals surface area contributed by atoms with Gasteiger partial charge in [0.2, 0.25) is 5.91 Å². The van der Waals surface area contributed by atoms with Crippen LogP contribution in [0.3, 0.4) is 0 Å². The number of hydrogen-bond acceptors (Lipinski definition) is 4. The fourth-order valence-corrected chi connectivity index (χ4v) is 2.63. The Morgan fingerprint density at radius 1 is 1.42 bits per heavy atom. The quantitative estimate of drug-likeness (QED) is 0.871. The SMILES string of the molecule is CC(C)C(C)(C#N)NC(=O)CN1CC=C(c2ccc(O)cc2)CC1. The molecule has 0 fully saturated rings. The number of amides is 1. The van der Waals surface area contributed by atoms with E-state index in [1.807, 2.05) is 26.0 Å². The standard InChI is InChI=1S/C19H25N3O2/c1-14(2)19(3,13-20)21-18(24)12-22-10-8-16(9-11-22)15-4-6-17(23)7-5-15/h4-8,14,23H,9-12H2,1-3H3,(H,21,24). The maximum absolute atomic E-state index is 12.2. The number of carbonyl (C=O) groups is 1. The van der Waals surface area contributed by atoms with E-state index in [9.17, 15) is 15.2 Å². The van der Waals surface area contributed by atoms with Crippen molar-refractivity contribution >= 4 is 11.5 Å². The van der Waals surface area contributed by atoms with Crippen molar-refractivity contribution in [3.05, 3.63) is 35.9 Å². The number of nitrogens with zero attached hydrogens (tertiary/aromatic N) is 2. The number of rotatable bonds is 5. The van der Waals surface area contributed by atoms with Crippen molar-refractivity contribution in [2.75, 3.05) is 19.6 Å². The molecule has 24 heavy (non-hydrogen) atoms. The molecule has 0 saturated heterocycles. The van der Waals surface area contributed by atoms with E-state index in [1.165, 1.54) is 5.57 Å². The smallest absolute Gasteiger partial charge is 0.235 e. The lowest BCUT2D eigenvalue weighted by molar-refractivity contribution is -0.123. The van der Waals surface area contributed by atoms with E-state index >= 15 is 0 Å². The molecule has 1 heterocycles. The molecule has 0 spiro atoms. The van der Waals surface area contributed by atoms with E-state index in [-0.39, 0.29) is 17.6 Å². The van der Waals surface area contributed by atoms with Gasteiger partial charge in [-0.05, 0) is 42.5 Å². The van der Waals surface area contributed by atoms with E-state index in [0.717, 1.165) is 18.5 Å². The highest BCUT2D eigenvalue weighted by Crippen LogP contribution is 2.24. The zero-order chi connectivity index (χ0) is 17.7. The lowest BCUT2D eigenvalue weighted by Gasteiger charge is -2.30. The topological polar surface area (TPSA) is 76.4 Å². The largest absolute Gasteiger partial charge is 0.508 e. The molecular weight excluding hydrogens is 302 g/mol. The molecule has 5 heteroatoms. The highest BCUT2D eigenvalue weighted by atomic mass is 16.3. The summed E-state index contributed by atoms with van der Waals surface area (Å²) >= 11 is 0. The Labute approximate surface area is 143 Å². The van der Waals surface area contributed by atoms with Crippen molar-refractivity contribution < 1.29 is 9.90 Å². The third-order valence-electron chi connectivity index (χ3n) is 4.68. The number of hydrogen-bond donors (Lipinski definition) is 2. The monoisotopic (exact) mass is 327 g/mol. The van der Waals surface area contributed by atoms with Gasteiger partial charge >= 0.3 is 0 Å². The van der Waals surface area contributed by atoms with Crippen molar-refractivity contribution in [2.24, 2.45) is 5.92 Å². The maximum Gasteiger partial charge on any atom is 0.235 e. The van der Waals surface area contributed by atoms with Gasteiger partial charge in [0.25, 0.3) is 0 Å². The second kappa shape index (κ2) is 7.50. The van der Waals surface area contributed by atoms with Crippen molar-refractivity contribution in [3.63, 3.8) is 0 Å². The summed E-state index contributed by atoms with van der Waals surface area (Å²) in [6.45, 7) is 7.41. The van der Waals surface area contributed by atoms with Gasteiger partial charge in [0.1, 0.15) is 11.3 Å². The van der Waals surface area contributed by atoms with E-state index in [2.05, 4.69) is 22.4 Å². The molecule has 0 radical (unpaired) electrons. The summed E-state index contributed by atoms with van der Waals surface area (Å²) in [5, 5.41) is 21.5. The Morgan fingerprint density at radius 2 is 2.08 bits per heavy atom. The minimum atomic E-state index is -0.833. The number of phenolic OH excluding ortho intramolecular Hbond substituents is 1. The number of nitriles is 1. The van der Waals surface area contributed by atoms with Crippen molar-refractivity contribution in [3.8, 4) is 11.8 Å². The maximum atomic E-state index is 12.2. The molecule has 1 aromatic rings. The van der Waals surface area contributed by atoms with Gasteiger partial charge in [0.05, 0.1) is 12.6 Å². The van der Waals surface area contributed by atoms with Crippen LogP contribution in [0.15, 0.2) is 30.3 Å². The van der Waals surface area contributed by atoms with E-state index in [0.29, 0.717) is 13.1 Å². The summed E-state index contributed by atoms with van der Waals surface area (Å²) in [5.74, 6) is 0.196. The normalized spacial score (nSPS) is 17.7. The zero-order valence-electron chi connectivity index (χ0n) is 14.5. The Morgan fingerprint density at radius 3 is 2.58 bits per heavy atom. The number of carbonyl (C=O) groups excluding carboxylic acids is 1. The van der Waals surface area contributed by atoms with Crippen LogP contribution in [0.4, 0.5) is 0 Å². The zero-order valence-corrected chi connectivity index (χ0v) is 14.5. The van der Waals surface area contributed by atoms with Crippen molar-refractivity contribution in [1.82, 2.24) is 10.2 Å². The van der Waals surface area contributed by atoms with Crippen LogP contribution in [0, 0.1) is 17.2 Å². The van der Waals surface area contributed by atoms with Crippen LogP contribution in [0.2, 0.25) is 0 Å². The van der Waals surface area contributed by atoms with Crippen LogP contribution in [0.5, 0.6) is 5.75 Å². The first-order valence-electron chi connectivity index (χ1n) is 8.27. The molecule has 1 amide bonds. The summed E-state index contributed by atoms with van der Waals surface area (Å²) in [6, 6.07) is 9.38. The number of nitrogens with one attached hydrogen (secondary N) is 1. The fourth-order valence-electron chi connectivity index (χ4n) is 2.63. The third kappa shape index (κ3) is 4.36. The fraction of sp³-hybridized carbons (Fsp3) is 0.474. The summed E-state index contributed by atoms with van der Waals surface area (Å²) in [6.07, 6.45) is 2.98. The van der Waals surface area contributed by atoms with Gasteiger partial charge in [-0.2, -0.15) is 5.26 Å². The van der Waals surface area contributed by atoms with Crippen LogP contribution in [-0.2, 0) is 4.79 Å². The molecule has 1 aliphatic heterocycles. The average Bonchev–Trinajstić information content (AvgIpc) is 2.56.